The maximum absolute atomic E-state index is 13.1. The normalized spacial score (nSPS) is 14.9. The number of aromatic amines is 1. The molecular formula is C17H15F2N3O2S. The lowest BCUT2D eigenvalue weighted by atomic mass is 10.2. The highest BCUT2D eigenvalue weighted by Gasteiger charge is 2.43. The Labute approximate surface area is 146 Å². The van der Waals surface area contributed by atoms with Crippen LogP contribution in [0.15, 0.2) is 41.6 Å². The van der Waals surface area contributed by atoms with E-state index in [-0.39, 0.29) is 11.5 Å². The van der Waals surface area contributed by atoms with Crippen LogP contribution in [0.2, 0.25) is 0 Å². The minimum atomic E-state index is -3.62. The predicted octanol–water partition coefficient (Wildman–Crippen LogP) is 4.24. The number of hydrogen-bond donors (Lipinski definition) is 1. The number of rotatable bonds is 4. The standard InChI is InChI=1S/C17H15F2N3O2S/c1-22(2)13-6-4-3-5-10(13)9-25-16-20-11-7-14-15(8-12(11)21-16)24-17(18,19)23-14/h3-8H,9H2,1-2H3,(H,20,21). The summed E-state index contributed by atoms with van der Waals surface area (Å²) in [6.07, 6.45) is -3.62. The summed E-state index contributed by atoms with van der Waals surface area (Å²) in [5.41, 5.74) is 3.52. The summed E-state index contributed by atoms with van der Waals surface area (Å²) >= 11 is 1.54. The molecule has 0 fully saturated rings. The number of alkyl halides is 2. The number of benzene rings is 2. The average Bonchev–Trinajstić information content (AvgIpc) is 3.07. The Hall–Kier alpha value is -2.48. The first-order chi connectivity index (χ1) is 11.9. The highest BCUT2D eigenvalue weighted by Crippen LogP contribution is 2.43. The van der Waals surface area contributed by atoms with Gasteiger partial charge in [-0.3, -0.25) is 0 Å². The Bertz CT molecular complexity index is 898. The Morgan fingerprint density at radius 2 is 1.88 bits per heavy atom. The second kappa shape index (κ2) is 5.80. The van der Waals surface area contributed by atoms with Gasteiger partial charge in [-0.15, -0.1) is 8.78 Å². The van der Waals surface area contributed by atoms with Crippen molar-refractivity contribution in [2.45, 2.75) is 17.2 Å². The summed E-state index contributed by atoms with van der Waals surface area (Å²) in [4.78, 5) is 9.63. The van der Waals surface area contributed by atoms with E-state index in [0.29, 0.717) is 16.2 Å². The molecule has 8 heteroatoms. The zero-order valence-electron chi connectivity index (χ0n) is 13.5. The van der Waals surface area contributed by atoms with Crippen molar-refractivity contribution in [2.75, 3.05) is 19.0 Å². The van der Waals surface area contributed by atoms with Crippen molar-refractivity contribution in [1.82, 2.24) is 9.97 Å². The molecule has 0 radical (unpaired) electrons. The molecule has 0 saturated heterocycles. The summed E-state index contributed by atoms with van der Waals surface area (Å²) in [5.74, 6) is 0.744. The molecule has 1 N–H and O–H groups in total. The van der Waals surface area contributed by atoms with Gasteiger partial charge >= 0.3 is 6.29 Å². The third-order valence-electron chi connectivity index (χ3n) is 3.82. The number of ether oxygens (including phenoxy) is 2. The molecule has 5 nitrogen and oxygen atoms in total. The van der Waals surface area contributed by atoms with E-state index in [4.69, 9.17) is 0 Å². The molecule has 0 bridgehead atoms. The van der Waals surface area contributed by atoms with Crippen LogP contribution < -0.4 is 14.4 Å². The van der Waals surface area contributed by atoms with Crippen molar-refractivity contribution in [1.29, 1.82) is 0 Å². The van der Waals surface area contributed by atoms with E-state index in [1.54, 1.807) is 11.8 Å². The Morgan fingerprint density at radius 1 is 1.16 bits per heavy atom. The van der Waals surface area contributed by atoms with E-state index in [0.717, 1.165) is 11.4 Å². The molecule has 1 aromatic heterocycles. The summed E-state index contributed by atoms with van der Waals surface area (Å²) in [5, 5.41) is 0.707. The first-order valence-electron chi connectivity index (χ1n) is 7.59. The van der Waals surface area contributed by atoms with Crippen molar-refractivity contribution in [3.8, 4) is 11.5 Å². The number of anilines is 1. The molecule has 25 heavy (non-hydrogen) atoms. The van der Waals surface area contributed by atoms with Gasteiger partial charge in [-0.1, -0.05) is 30.0 Å². The van der Waals surface area contributed by atoms with Crippen molar-refractivity contribution < 1.29 is 18.3 Å². The van der Waals surface area contributed by atoms with Gasteiger partial charge in [0.15, 0.2) is 16.7 Å². The van der Waals surface area contributed by atoms with Gasteiger partial charge in [0.25, 0.3) is 0 Å². The second-order valence-electron chi connectivity index (χ2n) is 5.84. The minimum Gasteiger partial charge on any atom is -0.395 e. The maximum Gasteiger partial charge on any atom is 0.586 e. The van der Waals surface area contributed by atoms with Crippen LogP contribution in [0.25, 0.3) is 11.0 Å². The van der Waals surface area contributed by atoms with Gasteiger partial charge < -0.3 is 19.4 Å². The summed E-state index contributed by atoms with van der Waals surface area (Å²) in [6.45, 7) is 0. The minimum absolute atomic E-state index is 0.00139. The fourth-order valence-electron chi connectivity index (χ4n) is 2.71. The van der Waals surface area contributed by atoms with Crippen LogP contribution in [0.1, 0.15) is 5.56 Å². The van der Waals surface area contributed by atoms with Crippen LogP contribution in [0.5, 0.6) is 11.5 Å². The van der Waals surface area contributed by atoms with Crippen molar-refractivity contribution >= 4 is 28.5 Å². The van der Waals surface area contributed by atoms with Gasteiger partial charge in [-0.25, -0.2) is 4.98 Å². The Kier molecular flexibility index (Phi) is 3.72. The van der Waals surface area contributed by atoms with Crippen LogP contribution in [0.4, 0.5) is 14.5 Å². The lowest BCUT2D eigenvalue weighted by Crippen LogP contribution is -2.25. The highest BCUT2D eigenvalue weighted by atomic mass is 32.2. The lowest BCUT2D eigenvalue weighted by Gasteiger charge is -2.16. The first kappa shape index (κ1) is 16.0. The molecule has 0 spiro atoms. The van der Waals surface area contributed by atoms with E-state index in [9.17, 15) is 8.78 Å². The number of para-hydroxylation sites is 1. The molecule has 1 aliphatic heterocycles. The zero-order chi connectivity index (χ0) is 17.6. The van der Waals surface area contributed by atoms with Crippen molar-refractivity contribution in [2.24, 2.45) is 0 Å². The van der Waals surface area contributed by atoms with Crippen LogP contribution in [-0.2, 0) is 5.75 Å². The first-order valence-corrected chi connectivity index (χ1v) is 8.57. The van der Waals surface area contributed by atoms with Crippen LogP contribution >= 0.6 is 11.8 Å². The van der Waals surface area contributed by atoms with E-state index < -0.39 is 6.29 Å². The van der Waals surface area contributed by atoms with Crippen LogP contribution in [0.3, 0.4) is 0 Å². The number of imidazole rings is 1. The van der Waals surface area contributed by atoms with Crippen molar-refractivity contribution in [3.63, 3.8) is 0 Å². The number of halogens is 2. The van der Waals surface area contributed by atoms with E-state index >= 15 is 0 Å². The van der Waals surface area contributed by atoms with Gasteiger partial charge in [0, 0.05) is 37.7 Å². The third-order valence-corrected chi connectivity index (χ3v) is 4.74. The molecule has 2 heterocycles. The van der Waals surface area contributed by atoms with Gasteiger partial charge in [-0.2, -0.15) is 0 Å². The number of hydrogen-bond acceptors (Lipinski definition) is 5. The van der Waals surface area contributed by atoms with Gasteiger partial charge in [-0.05, 0) is 11.6 Å². The molecule has 4 rings (SSSR count). The van der Waals surface area contributed by atoms with E-state index in [2.05, 4.69) is 36.5 Å². The summed E-state index contributed by atoms with van der Waals surface area (Å²) in [7, 11) is 4.00. The zero-order valence-corrected chi connectivity index (χ0v) is 14.4. The summed E-state index contributed by atoms with van der Waals surface area (Å²) in [6, 6.07) is 11.1. The van der Waals surface area contributed by atoms with Crippen molar-refractivity contribution in [3.05, 3.63) is 42.0 Å². The van der Waals surface area contributed by atoms with Crippen LogP contribution in [-0.4, -0.2) is 30.4 Å². The van der Waals surface area contributed by atoms with Crippen LogP contribution in [0, 0.1) is 0 Å². The molecule has 0 aliphatic carbocycles. The molecule has 2 aromatic carbocycles. The average molecular weight is 363 g/mol. The lowest BCUT2D eigenvalue weighted by molar-refractivity contribution is -0.286. The SMILES string of the molecule is CN(C)c1ccccc1CSc1nc2cc3c(cc2[nH]1)OC(F)(F)O3. The highest BCUT2D eigenvalue weighted by molar-refractivity contribution is 7.98. The maximum atomic E-state index is 13.1. The Morgan fingerprint density at radius 3 is 2.64 bits per heavy atom. The molecule has 130 valence electrons. The number of fused-ring (bicyclic) bond motifs is 2. The van der Waals surface area contributed by atoms with Gasteiger partial charge in [0.05, 0.1) is 11.0 Å². The smallest absolute Gasteiger partial charge is 0.395 e. The number of thioether (sulfide) groups is 1. The van der Waals surface area contributed by atoms with Gasteiger partial charge in [0.1, 0.15) is 0 Å². The molecule has 0 saturated carbocycles. The molecule has 1 aliphatic rings. The largest absolute Gasteiger partial charge is 0.586 e. The fraction of sp³-hybridized carbons (Fsp3) is 0.235. The van der Waals surface area contributed by atoms with E-state index in [1.807, 2.05) is 26.2 Å². The molecule has 0 amide bonds. The van der Waals surface area contributed by atoms with E-state index in [1.165, 1.54) is 17.7 Å². The molecular weight excluding hydrogens is 348 g/mol. The second-order valence-corrected chi connectivity index (χ2v) is 6.80. The number of nitrogens with zero attached hydrogens (tertiary/aromatic N) is 2. The Balaban J connectivity index is 1.56. The number of nitrogens with one attached hydrogen (secondary N) is 1. The fourth-order valence-corrected chi connectivity index (χ4v) is 3.60. The predicted molar refractivity (Wildman–Crippen MR) is 92.6 cm³/mol. The van der Waals surface area contributed by atoms with Gasteiger partial charge in [0.2, 0.25) is 0 Å². The summed E-state index contributed by atoms with van der Waals surface area (Å²) < 4.78 is 35.1. The number of aromatic nitrogens is 2. The monoisotopic (exact) mass is 363 g/mol. The molecule has 0 atom stereocenters. The quantitative estimate of drug-likeness (QED) is 0.703. The topological polar surface area (TPSA) is 50.4 Å². The molecule has 0 unspecified atom stereocenters. The number of H-pyrrole nitrogens is 1. The molecule has 3 aromatic rings. The third kappa shape index (κ3) is 3.09.